The minimum atomic E-state index is -4.14. The number of piperazine rings is 1. The molecule has 1 saturated heterocycles. The van der Waals surface area contributed by atoms with Gasteiger partial charge in [0, 0.05) is 26.2 Å². The lowest BCUT2D eigenvalue weighted by atomic mass is 10.2. The highest BCUT2D eigenvalue weighted by Crippen LogP contribution is 2.18. The summed E-state index contributed by atoms with van der Waals surface area (Å²) in [5.74, 6) is 4.36. The van der Waals surface area contributed by atoms with E-state index in [1.54, 1.807) is 35.5 Å². The van der Waals surface area contributed by atoms with Crippen LogP contribution in [0.2, 0.25) is 0 Å². The molecule has 1 heterocycles. The van der Waals surface area contributed by atoms with Crippen LogP contribution in [0.4, 0.5) is 0 Å². The van der Waals surface area contributed by atoms with E-state index in [0.29, 0.717) is 4.47 Å². The van der Waals surface area contributed by atoms with Crippen LogP contribution >= 0.6 is 0 Å². The summed E-state index contributed by atoms with van der Waals surface area (Å²) in [6.45, 7) is 1.50. The van der Waals surface area contributed by atoms with E-state index in [2.05, 4.69) is 11.8 Å². The second kappa shape index (κ2) is 11.0. The molecule has 13 heteroatoms. The molecule has 11 nitrogen and oxygen atoms in total. The Kier molecular flexibility index (Phi) is 8.95. The smallest absolute Gasteiger partial charge is 0.265 e. The Hall–Kier alpha value is -2.05. The van der Waals surface area contributed by atoms with Crippen molar-refractivity contribution in [3.05, 3.63) is 30.3 Å². The summed E-state index contributed by atoms with van der Waals surface area (Å²) in [6, 6.07) is 6.43. The SMILES string of the molecule is CC#CCON(C[C@@H](C(=O)NO)N1CCN(S(C)(=O)=O)CC1)S(=O)(=O)c1ccccc1. The van der Waals surface area contributed by atoms with Crippen LogP contribution in [-0.2, 0) is 29.7 Å². The van der Waals surface area contributed by atoms with Crippen LogP contribution in [0.15, 0.2) is 35.2 Å². The molecule has 1 amide bonds. The van der Waals surface area contributed by atoms with Crippen LogP contribution in [0.1, 0.15) is 6.92 Å². The highest BCUT2D eigenvalue weighted by Gasteiger charge is 2.36. The third-order valence-electron chi connectivity index (χ3n) is 4.68. The third kappa shape index (κ3) is 6.71. The van der Waals surface area contributed by atoms with Gasteiger partial charge in [0.2, 0.25) is 10.0 Å². The Labute approximate surface area is 182 Å². The quantitative estimate of drug-likeness (QED) is 0.267. The van der Waals surface area contributed by atoms with Gasteiger partial charge in [0.1, 0.15) is 12.6 Å². The van der Waals surface area contributed by atoms with E-state index < -0.39 is 38.5 Å². The Morgan fingerprint density at radius 3 is 2.32 bits per heavy atom. The molecule has 1 aliphatic rings. The summed E-state index contributed by atoms with van der Waals surface area (Å²) < 4.78 is 51.6. The molecule has 2 rings (SSSR count). The molecular formula is C18H26N4O7S2. The van der Waals surface area contributed by atoms with Crippen LogP contribution in [-0.4, -0.2) is 93.3 Å². The molecule has 1 fully saturated rings. The molecule has 0 aliphatic carbocycles. The number of sulfonamides is 2. The summed E-state index contributed by atoms with van der Waals surface area (Å²) in [7, 11) is -7.53. The summed E-state index contributed by atoms with van der Waals surface area (Å²) in [5, 5.41) is 9.20. The molecule has 0 saturated carbocycles. The zero-order valence-corrected chi connectivity index (χ0v) is 18.9. The van der Waals surface area contributed by atoms with Crippen LogP contribution in [0, 0.1) is 11.8 Å². The van der Waals surface area contributed by atoms with Crippen molar-refractivity contribution in [1.29, 1.82) is 0 Å². The molecule has 172 valence electrons. The average Bonchev–Trinajstić information content (AvgIpc) is 2.75. The lowest BCUT2D eigenvalue weighted by molar-refractivity contribution is -0.141. The maximum absolute atomic E-state index is 13.1. The van der Waals surface area contributed by atoms with Gasteiger partial charge in [-0.3, -0.25) is 19.7 Å². The lowest BCUT2D eigenvalue weighted by Gasteiger charge is -2.38. The van der Waals surface area contributed by atoms with Gasteiger partial charge >= 0.3 is 0 Å². The highest BCUT2D eigenvalue weighted by molar-refractivity contribution is 7.89. The van der Waals surface area contributed by atoms with Gasteiger partial charge in [-0.1, -0.05) is 28.6 Å². The first-order chi connectivity index (χ1) is 14.6. The first-order valence-corrected chi connectivity index (χ1v) is 12.6. The van der Waals surface area contributed by atoms with Crippen molar-refractivity contribution in [3.8, 4) is 11.8 Å². The molecule has 0 radical (unpaired) electrons. The van der Waals surface area contributed by atoms with Gasteiger partial charge in [-0.25, -0.2) is 22.3 Å². The van der Waals surface area contributed by atoms with E-state index in [1.165, 1.54) is 16.4 Å². The van der Waals surface area contributed by atoms with E-state index >= 15 is 0 Å². The molecular weight excluding hydrogens is 448 g/mol. The number of hydroxylamine groups is 2. The van der Waals surface area contributed by atoms with E-state index in [-0.39, 0.29) is 37.7 Å². The van der Waals surface area contributed by atoms with Crippen molar-refractivity contribution in [3.63, 3.8) is 0 Å². The van der Waals surface area contributed by atoms with Crippen LogP contribution in [0.3, 0.4) is 0 Å². The standard InChI is InChI=1S/C18H26N4O7S2/c1-3-4-14-29-22(31(27,28)16-8-6-5-7-9-16)15-17(18(23)19-24)20-10-12-21(13-11-20)30(2,25)26/h5-9,17,24H,10-15H2,1-2H3,(H,19,23)/t17-/m0/s1. The number of hydrogen-bond acceptors (Lipinski definition) is 8. The number of carbonyl (C=O) groups is 1. The van der Waals surface area contributed by atoms with Crippen molar-refractivity contribution >= 4 is 26.0 Å². The zero-order chi connectivity index (χ0) is 23.1. The molecule has 1 aliphatic heterocycles. The molecule has 0 bridgehead atoms. The fourth-order valence-corrected chi connectivity index (χ4v) is 5.13. The normalized spacial score (nSPS) is 17.0. The first kappa shape index (κ1) is 25.2. The number of benzene rings is 1. The second-order valence-corrected chi connectivity index (χ2v) is 10.5. The summed E-state index contributed by atoms with van der Waals surface area (Å²) in [4.78, 5) is 19.3. The van der Waals surface area contributed by atoms with Gasteiger partial charge in [-0.2, -0.15) is 4.31 Å². The van der Waals surface area contributed by atoms with Crippen LogP contribution < -0.4 is 5.48 Å². The summed E-state index contributed by atoms with van der Waals surface area (Å²) in [5.41, 5.74) is 1.55. The predicted molar refractivity (Wildman–Crippen MR) is 111 cm³/mol. The van der Waals surface area contributed by atoms with Crippen molar-refractivity contribution < 1.29 is 31.7 Å². The summed E-state index contributed by atoms with van der Waals surface area (Å²) >= 11 is 0. The Bertz CT molecular complexity index is 1010. The predicted octanol–water partition coefficient (Wildman–Crippen LogP) is -0.917. The molecule has 31 heavy (non-hydrogen) atoms. The number of carbonyl (C=O) groups excluding carboxylic acids is 1. The van der Waals surface area contributed by atoms with E-state index in [4.69, 9.17) is 4.84 Å². The minimum absolute atomic E-state index is 0.0375. The van der Waals surface area contributed by atoms with E-state index in [1.807, 2.05) is 0 Å². The van der Waals surface area contributed by atoms with Gasteiger partial charge < -0.3 is 0 Å². The van der Waals surface area contributed by atoms with Gasteiger partial charge in [0.05, 0.1) is 17.7 Å². The zero-order valence-electron chi connectivity index (χ0n) is 17.3. The lowest BCUT2D eigenvalue weighted by Crippen LogP contribution is -2.59. The number of hydrogen-bond donors (Lipinski definition) is 2. The van der Waals surface area contributed by atoms with Gasteiger partial charge in [-0.15, -0.1) is 5.92 Å². The summed E-state index contributed by atoms with van der Waals surface area (Å²) in [6.07, 6.45) is 1.09. The highest BCUT2D eigenvalue weighted by atomic mass is 32.2. The first-order valence-electron chi connectivity index (χ1n) is 9.34. The molecule has 0 spiro atoms. The topological polar surface area (TPSA) is 137 Å². The Balaban J connectivity index is 2.29. The molecule has 1 aromatic rings. The molecule has 1 atom stereocenters. The minimum Gasteiger partial charge on any atom is -0.289 e. The average molecular weight is 475 g/mol. The Morgan fingerprint density at radius 2 is 1.81 bits per heavy atom. The van der Waals surface area contributed by atoms with Crippen molar-refractivity contribution in [2.24, 2.45) is 0 Å². The Morgan fingerprint density at radius 1 is 1.19 bits per heavy atom. The monoisotopic (exact) mass is 474 g/mol. The van der Waals surface area contributed by atoms with Gasteiger partial charge in [0.15, 0.2) is 0 Å². The molecule has 1 aromatic carbocycles. The van der Waals surface area contributed by atoms with Crippen LogP contribution in [0.25, 0.3) is 0 Å². The van der Waals surface area contributed by atoms with Gasteiger partial charge in [-0.05, 0) is 19.1 Å². The molecule has 0 unspecified atom stereocenters. The van der Waals surface area contributed by atoms with Crippen molar-refractivity contribution in [1.82, 2.24) is 19.2 Å². The fraction of sp³-hybridized carbons (Fsp3) is 0.500. The maximum Gasteiger partial charge on any atom is 0.265 e. The van der Waals surface area contributed by atoms with Gasteiger partial charge in [0.25, 0.3) is 15.9 Å². The van der Waals surface area contributed by atoms with E-state index in [0.717, 1.165) is 6.26 Å². The number of nitrogens with one attached hydrogen (secondary N) is 1. The second-order valence-electron chi connectivity index (χ2n) is 6.69. The molecule has 0 aromatic heterocycles. The fourth-order valence-electron chi connectivity index (χ4n) is 3.03. The molecule has 2 N–H and O–H groups in total. The third-order valence-corrected chi connectivity index (χ3v) is 7.65. The largest absolute Gasteiger partial charge is 0.289 e. The van der Waals surface area contributed by atoms with Crippen LogP contribution in [0.5, 0.6) is 0 Å². The maximum atomic E-state index is 13.1. The number of nitrogens with zero attached hydrogens (tertiary/aromatic N) is 3. The number of rotatable bonds is 9. The van der Waals surface area contributed by atoms with Crippen molar-refractivity contribution in [2.45, 2.75) is 17.9 Å². The number of amides is 1. The van der Waals surface area contributed by atoms with E-state index in [9.17, 15) is 26.8 Å². The van der Waals surface area contributed by atoms with Crippen molar-refractivity contribution in [2.75, 3.05) is 45.6 Å².